The zero-order valence-corrected chi connectivity index (χ0v) is 14.4. The highest BCUT2D eigenvalue weighted by Crippen LogP contribution is 2.29. The van der Waals surface area contributed by atoms with E-state index in [1.807, 2.05) is 31.2 Å². The number of hydrogen-bond acceptors (Lipinski definition) is 4. The molecule has 1 heterocycles. The lowest BCUT2D eigenvalue weighted by Crippen LogP contribution is -2.25. The number of carbonyl (C=O) groups excluding carboxylic acids is 2. The first-order valence-electron chi connectivity index (χ1n) is 7.65. The van der Waals surface area contributed by atoms with Crippen LogP contribution in [0.3, 0.4) is 0 Å². The van der Waals surface area contributed by atoms with Crippen LogP contribution >= 0.6 is 11.3 Å². The Bertz CT molecular complexity index is 710. The molecule has 23 heavy (non-hydrogen) atoms. The smallest absolute Gasteiger partial charge is 0.271 e. The van der Waals surface area contributed by atoms with Gasteiger partial charge in [0.1, 0.15) is 10.7 Å². The van der Waals surface area contributed by atoms with Crippen molar-refractivity contribution in [1.29, 1.82) is 0 Å². The predicted octanol–water partition coefficient (Wildman–Crippen LogP) is 3.61. The van der Waals surface area contributed by atoms with E-state index >= 15 is 0 Å². The fourth-order valence-corrected chi connectivity index (χ4v) is 3.03. The molecule has 0 fully saturated rings. The first kappa shape index (κ1) is 17.1. The van der Waals surface area contributed by atoms with Crippen LogP contribution in [0.15, 0.2) is 24.3 Å². The Kier molecular flexibility index (Phi) is 5.87. The van der Waals surface area contributed by atoms with E-state index in [0.717, 1.165) is 34.0 Å². The van der Waals surface area contributed by atoms with Crippen molar-refractivity contribution in [3.05, 3.63) is 34.8 Å². The lowest BCUT2D eigenvalue weighted by molar-refractivity contribution is -0.114. The van der Waals surface area contributed by atoms with E-state index in [0.29, 0.717) is 12.2 Å². The Morgan fingerprint density at radius 3 is 2.78 bits per heavy atom. The van der Waals surface area contributed by atoms with Crippen LogP contribution in [0, 0.1) is 6.92 Å². The van der Waals surface area contributed by atoms with Crippen LogP contribution in [0.5, 0.6) is 0 Å². The van der Waals surface area contributed by atoms with Gasteiger partial charge in [0, 0.05) is 29.6 Å². The molecule has 2 N–H and O–H groups in total. The number of rotatable bonds is 6. The van der Waals surface area contributed by atoms with Gasteiger partial charge in [-0.25, -0.2) is 4.98 Å². The summed E-state index contributed by atoms with van der Waals surface area (Å²) in [7, 11) is 0. The zero-order chi connectivity index (χ0) is 16.8. The van der Waals surface area contributed by atoms with Gasteiger partial charge in [0.2, 0.25) is 5.91 Å². The molecule has 2 amide bonds. The number of benzene rings is 1. The van der Waals surface area contributed by atoms with Crippen molar-refractivity contribution in [2.24, 2.45) is 0 Å². The summed E-state index contributed by atoms with van der Waals surface area (Å²) in [6.45, 7) is 6.12. The molecule has 0 atom stereocenters. The second-order valence-corrected chi connectivity index (χ2v) is 6.50. The number of aromatic nitrogens is 1. The normalized spacial score (nSPS) is 10.4. The average molecular weight is 331 g/mol. The monoisotopic (exact) mass is 331 g/mol. The number of carbonyl (C=O) groups is 2. The van der Waals surface area contributed by atoms with Crippen LogP contribution < -0.4 is 10.6 Å². The molecule has 0 radical (unpaired) electrons. The van der Waals surface area contributed by atoms with Gasteiger partial charge in [-0.1, -0.05) is 25.5 Å². The summed E-state index contributed by atoms with van der Waals surface area (Å²) in [5, 5.41) is 6.42. The van der Waals surface area contributed by atoms with Gasteiger partial charge in [-0.3, -0.25) is 9.59 Å². The largest absolute Gasteiger partial charge is 0.351 e. The molecule has 0 spiro atoms. The van der Waals surface area contributed by atoms with Crippen LogP contribution in [0.25, 0.3) is 10.6 Å². The Morgan fingerprint density at radius 1 is 1.30 bits per heavy atom. The Balaban J connectivity index is 2.20. The fraction of sp³-hybridized carbons (Fsp3) is 0.353. The van der Waals surface area contributed by atoms with E-state index in [2.05, 4.69) is 22.5 Å². The number of nitrogens with one attached hydrogen (secondary N) is 2. The lowest BCUT2D eigenvalue weighted by atomic mass is 10.2. The lowest BCUT2D eigenvalue weighted by Gasteiger charge is -2.03. The molecule has 1 aromatic carbocycles. The summed E-state index contributed by atoms with van der Waals surface area (Å²) in [5.74, 6) is -0.245. The molecule has 5 nitrogen and oxygen atoms in total. The highest BCUT2D eigenvalue weighted by molar-refractivity contribution is 7.15. The molecule has 122 valence electrons. The van der Waals surface area contributed by atoms with Gasteiger partial charge in [0.25, 0.3) is 5.91 Å². The van der Waals surface area contributed by atoms with Crippen LogP contribution in [0.2, 0.25) is 0 Å². The van der Waals surface area contributed by atoms with Gasteiger partial charge in [0.05, 0.1) is 0 Å². The maximum atomic E-state index is 12.2. The molecule has 1 aromatic heterocycles. The summed E-state index contributed by atoms with van der Waals surface area (Å²) >= 11 is 1.48. The third-order valence-corrected chi connectivity index (χ3v) is 4.28. The molecule has 2 aromatic rings. The van der Waals surface area contributed by atoms with Crippen molar-refractivity contribution >= 4 is 28.8 Å². The van der Waals surface area contributed by atoms with Crippen LogP contribution in [0.4, 0.5) is 5.69 Å². The molecular weight excluding hydrogens is 310 g/mol. The minimum Gasteiger partial charge on any atom is -0.351 e. The quantitative estimate of drug-likeness (QED) is 0.794. The van der Waals surface area contributed by atoms with E-state index < -0.39 is 0 Å². The van der Waals surface area contributed by atoms with Crippen molar-refractivity contribution in [3.63, 3.8) is 0 Å². The SMILES string of the molecule is CCCCNC(=O)c1nc(-c2cccc(NC(C)=O)c2)sc1C. The maximum absolute atomic E-state index is 12.2. The number of aryl methyl sites for hydroxylation is 1. The molecule has 0 aliphatic carbocycles. The Morgan fingerprint density at radius 2 is 2.09 bits per heavy atom. The average Bonchev–Trinajstić information content (AvgIpc) is 2.89. The van der Waals surface area contributed by atoms with E-state index in [9.17, 15) is 9.59 Å². The summed E-state index contributed by atoms with van der Waals surface area (Å²) < 4.78 is 0. The Labute approximate surface area is 140 Å². The molecule has 0 saturated carbocycles. The zero-order valence-electron chi connectivity index (χ0n) is 13.6. The van der Waals surface area contributed by atoms with Gasteiger partial charge in [-0.2, -0.15) is 0 Å². The van der Waals surface area contributed by atoms with E-state index in [4.69, 9.17) is 0 Å². The molecule has 6 heteroatoms. The van der Waals surface area contributed by atoms with E-state index in [-0.39, 0.29) is 11.8 Å². The predicted molar refractivity (Wildman–Crippen MR) is 93.8 cm³/mol. The molecule has 0 saturated heterocycles. The van der Waals surface area contributed by atoms with Gasteiger partial charge in [-0.15, -0.1) is 11.3 Å². The number of thiazole rings is 1. The molecule has 0 aliphatic rings. The number of amides is 2. The van der Waals surface area contributed by atoms with Crippen molar-refractivity contribution in [3.8, 4) is 10.6 Å². The second-order valence-electron chi connectivity index (χ2n) is 5.30. The van der Waals surface area contributed by atoms with E-state index in [1.165, 1.54) is 18.3 Å². The van der Waals surface area contributed by atoms with Crippen molar-refractivity contribution in [2.75, 3.05) is 11.9 Å². The van der Waals surface area contributed by atoms with Crippen LogP contribution in [0.1, 0.15) is 42.1 Å². The summed E-state index contributed by atoms with van der Waals surface area (Å²) in [6.07, 6.45) is 2.00. The minimum atomic E-state index is -0.128. The van der Waals surface area contributed by atoms with Gasteiger partial charge in [0.15, 0.2) is 0 Å². The van der Waals surface area contributed by atoms with Crippen LogP contribution in [-0.4, -0.2) is 23.3 Å². The number of nitrogens with zero attached hydrogens (tertiary/aromatic N) is 1. The minimum absolute atomic E-state index is 0.117. The van der Waals surface area contributed by atoms with Gasteiger partial charge < -0.3 is 10.6 Å². The highest BCUT2D eigenvalue weighted by atomic mass is 32.1. The van der Waals surface area contributed by atoms with Crippen molar-refractivity contribution in [1.82, 2.24) is 10.3 Å². The first-order valence-corrected chi connectivity index (χ1v) is 8.46. The van der Waals surface area contributed by atoms with Gasteiger partial charge in [-0.05, 0) is 25.5 Å². The van der Waals surface area contributed by atoms with Crippen molar-refractivity contribution < 1.29 is 9.59 Å². The first-order chi connectivity index (χ1) is 11.0. The Hall–Kier alpha value is -2.21. The standard InChI is InChI=1S/C17H21N3O2S/c1-4-5-9-18-16(22)15-11(2)23-17(20-15)13-7-6-8-14(10-13)19-12(3)21/h6-8,10H,4-5,9H2,1-3H3,(H,18,22)(H,19,21). The van der Waals surface area contributed by atoms with E-state index in [1.54, 1.807) is 0 Å². The topological polar surface area (TPSA) is 71.1 Å². The number of anilines is 1. The third-order valence-electron chi connectivity index (χ3n) is 3.26. The van der Waals surface area contributed by atoms with Crippen LogP contribution in [-0.2, 0) is 4.79 Å². The summed E-state index contributed by atoms with van der Waals surface area (Å²) in [5.41, 5.74) is 2.08. The summed E-state index contributed by atoms with van der Waals surface area (Å²) in [6, 6.07) is 7.46. The molecule has 0 unspecified atom stereocenters. The fourth-order valence-electron chi connectivity index (χ4n) is 2.13. The van der Waals surface area contributed by atoms with Gasteiger partial charge >= 0.3 is 0 Å². The van der Waals surface area contributed by atoms with Crippen molar-refractivity contribution in [2.45, 2.75) is 33.6 Å². The number of unbranched alkanes of at least 4 members (excludes halogenated alkanes) is 1. The molecule has 0 bridgehead atoms. The molecular formula is C17H21N3O2S. The number of hydrogen-bond donors (Lipinski definition) is 2. The maximum Gasteiger partial charge on any atom is 0.271 e. The second kappa shape index (κ2) is 7.87. The molecule has 0 aliphatic heterocycles. The third kappa shape index (κ3) is 4.63. The highest BCUT2D eigenvalue weighted by Gasteiger charge is 2.16. The summed E-state index contributed by atoms with van der Waals surface area (Å²) in [4.78, 5) is 28.7. The molecule has 2 rings (SSSR count).